The minimum atomic E-state index is -0.780. The Kier molecular flexibility index (Phi) is 10.8. The molecule has 0 spiro atoms. The van der Waals surface area contributed by atoms with Crippen LogP contribution in [0.15, 0.2) is 76.2 Å². The Morgan fingerprint density at radius 1 is 0.935 bits per heavy atom. The van der Waals surface area contributed by atoms with Gasteiger partial charge in [0.05, 0.1) is 46.6 Å². The van der Waals surface area contributed by atoms with Gasteiger partial charge in [0.1, 0.15) is 6.61 Å². The van der Waals surface area contributed by atoms with Crippen molar-refractivity contribution in [2.24, 2.45) is 4.99 Å². The number of aryl methyl sites for hydroxylation is 1. The Morgan fingerprint density at radius 2 is 1.63 bits per heavy atom. The summed E-state index contributed by atoms with van der Waals surface area (Å²) in [5.41, 5.74) is 3.61. The predicted molar refractivity (Wildman–Crippen MR) is 186 cm³/mol. The number of halogens is 1. The van der Waals surface area contributed by atoms with Crippen molar-refractivity contribution < 1.29 is 28.5 Å². The number of fused-ring (bicyclic) bond motifs is 1. The average Bonchev–Trinajstić information content (AvgIpc) is 3.36. The molecule has 240 valence electrons. The number of esters is 1. The molecule has 46 heavy (non-hydrogen) atoms. The zero-order chi connectivity index (χ0) is 32.8. The van der Waals surface area contributed by atoms with Gasteiger partial charge in [-0.1, -0.05) is 47.2 Å². The van der Waals surface area contributed by atoms with Gasteiger partial charge in [-0.2, -0.15) is 0 Å². The molecule has 0 aliphatic carbocycles. The van der Waals surface area contributed by atoms with E-state index < -0.39 is 12.0 Å². The minimum Gasteiger partial charge on any atom is -0.490 e. The van der Waals surface area contributed by atoms with Crippen LogP contribution in [0.2, 0.25) is 0 Å². The van der Waals surface area contributed by atoms with Gasteiger partial charge in [-0.05, 0) is 97.3 Å². The number of carbonyl (C=O) groups excluding carboxylic acids is 1. The van der Waals surface area contributed by atoms with Crippen molar-refractivity contribution in [2.45, 2.75) is 40.3 Å². The molecule has 0 radical (unpaired) electrons. The van der Waals surface area contributed by atoms with Crippen LogP contribution in [0.5, 0.6) is 23.0 Å². The number of benzene rings is 3. The lowest BCUT2D eigenvalue weighted by Crippen LogP contribution is -2.39. The van der Waals surface area contributed by atoms with Gasteiger partial charge in [-0.15, -0.1) is 0 Å². The lowest BCUT2D eigenvalue weighted by Gasteiger charge is -2.23. The van der Waals surface area contributed by atoms with Gasteiger partial charge in [-0.3, -0.25) is 9.36 Å². The number of nitrogens with zero attached hydrogens (tertiary/aromatic N) is 2. The highest BCUT2D eigenvalue weighted by atomic mass is 127. The van der Waals surface area contributed by atoms with E-state index in [9.17, 15) is 9.59 Å². The molecular weight excluding hydrogens is 719 g/mol. The standard InChI is InChI=1S/C35H35IN2O7S/c1-6-42-27-14-13-24(18-28(27)43-7-2)31-25(34(40)41-5)19-37-35-38(31)33(39)30(46-35)17-23-15-26(36)32(29(16-23)44-8-3)45-20-22-11-9-21(4)10-12-22/h9-19,31H,6-8,20H2,1-5H3/b30-17-/t31-/m1/s1. The van der Waals surface area contributed by atoms with Gasteiger partial charge in [-0.25, -0.2) is 9.79 Å². The van der Waals surface area contributed by atoms with E-state index >= 15 is 0 Å². The van der Waals surface area contributed by atoms with Crippen LogP contribution in [-0.2, 0) is 16.1 Å². The Balaban J connectivity index is 1.57. The fourth-order valence-corrected chi connectivity index (χ4v) is 6.80. The van der Waals surface area contributed by atoms with Crippen molar-refractivity contribution in [3.8, 4) is 23.0 Å². The van der Waals surface area contributed by atoms with Crippen molar-refractivity contribution >= 4 is 46.0 Å². The highest BCUT2D eigenvalue weighted by Gasteiger charge is 2.31. The summed E-state index contributed by atoms with van der Waals surface area (Å²) in [5, 5.41) is 0. The SMILES string of the molecule is CCOc1ccc([C@@H]2C(C(=O)OC)=CN=c3s/c(=C\c4cc(I)c(OCc5ccc(C)cc5)c(OCC)c4)c(=O)n32)cc1OCC. The van der Waals surface area contributed by atoms with Gasteiger partial charge in [0.2, 0.25) is 0 Å². The van der Waals surface area contributed by atoms with E-state index in [1.165, 1.54) is 34.8 Å². The van der Waals surface area contributed by atoms with Crippen LogP contribution in [0, 0.1) is 10.5 Å². The van der Waals surface area contributed by atoms with E-state index in [2.05, 4.69) is 39.7 Å². The summed E-state index contributed by atoms with van der Waals surface area (Å²) in [4.78, 5) is 31.9. The third-order valence-corrected chi connectivity index (χ3v) is 8.94. The number of hydrogen-bond donors (Lipinski definition) is 0. The van der Waals surface area contributed by atoms with Crippen LogP contribution < -0.4 is 33.8 Å². The molecular formula is C35H35IN2O7S. The van der Waals surface area contributed by atoms with Crippen molar-refractivity contribution in [3.05, 3.63) is 112 Å². The maximum absolute atomic E-state index is 14.1. The van der Waals surface area contributed by atoms with Gasteiger partial charge < -0.3 is 23.7 Å². The van der Waals surface area contributed by atoms with E-state index in [0.29, 0.717) is 64.3 Å². The zero-order valence-electron chi connectivity index (χ0n) is 26.3. The monoisotopic (exact) mass is 754 g/mol. The fourth-order valence-electron chi connectivity index (χ4n) is 5.05. The van der Waals surface area contributed by atoms with Crippen LogP contribution in [0.1, 0.15) is 49.1 Å². The van der Waals surface area contributed by atoms with Crippen LogP contribution in [0.25, 0.3) is 6.08 Å². The molecule has 0 saturated carbocycles. The molecule has 1 aliphatic heterocycles. The lowest BCUT2D eigenvalue weighted by molar-refractivity contribution is -0.136. The molecule has 1 aliphatic rings. The predicted octanol–water partition coefficient (Wildman–Crippen LogP) is 5.71. The second-order valence-electron chi connectivity index (χ2n) is 10.3. The number of ether oxygens (including phenoxy) is 5. The normalized spacial score (nSPS) is 14.2. The van der Waals surface area contributed by atoms with Gasteiger partial charge in [0.15, 0.2) is 27.8 Å². The summed E-state index contributed by atoms with van der Waals surface area (Å²) in [5.74, 6) is 1.75. The van der Waals surface area contributed by atoms with Gasteiger partial charge in [0, 0.05) is 6.20 Å². The van der Waals surface area contributed by atoms with E-state index in [0.717, 1.165) is 14.7 Å². The number of aromatic nitrogens is 1. The van der Waals surface area contributed by atoms with Crippen molar-refractivity contribution in [2.75, 3.05) is 26.9 Å². The molecule has 0 fully saturated rings. The van der Waals surface area contributed by atoms with Crippen molar-refractivity contribution in [3.63, 3.8) is 0 Å². The molecule has 4 aromatic rings. The molecule has 3 aromatic carbocycles. The van der Waals surface area contributed by atoms with E-state index in [1.807, 2.05) is 58.0 Å². The average molecular weight is 755 g/mol. The molecule has 0 N–H and O–H groups in total. The van der Waals surface area contributed by atoms with Crippen LogP contribution in [0.4, 0.5) is 0 Å². The molecule has 0 unspecified atom stereocenters. The zero-order valence-corrected chi connectivity index (χ0v) is 29.3. The number of hydrogen-bond acceptors (Lipinski definition) is 9. The summed E-state index contributed by atoms with van der Waals surface area (Å²) >= 11 is 3.47. The highest BCUT2D eigenvalue weighted by Crippen LogP contribution is 2.36. The summed E-state index contributed by atoms with van der Waals surface area (Å²) < 4.78 is 31.7. The van der Waals surface area contributed by atoms with Crippen molar-refractivity contribution in [1.82, 2.24) is 4.57 Å². The smallest absolute Gasteiger partial charge is 0.337 e. The third-order valence-electron chi connectivity index (χ3n) is 7.14. The maximum atomic E-state index is 14.1. The number of carbonyl (C=O) groups is 1. The number of rotatable bonds is 12. The van der Waals surface area contributed by atoms with E-state index in [4.69, 9.17) is 23.7 Å². The van der Waals surface area contributed by atoms with E-state index in [-0.39, 0.29) is 11.1 Å². The number of methoxy groups -OCH3 is 1. The molecule has 2 heterocycles. The molecule has 9 nitrogen and oxygen atoms in total. The van der Waals surface area contributed by atoms with E-state index in [1.54, 1.807) is 18.2 Å². The first-order chi connectivity index (χ1) is 22.3. The first-order valence-corrected chi connectivity index (χ1v) is 16.8. The third kappa shape index (κ3) is 7.15. The summed E-state index contributed by atoms with van der Waals surface area (Å²) in [6, 6.07) is 16.6. The van der Waals surface area contributed by atoms with Crippen LogP contribution >= 0.6 is 33.9 Å². The molecule has 11 heteroatoms. The first kappa shape index (κ1) is 33.3. The molecule has 5 rings (SSSR count). The van der Waals surface area contributed by atoms with Gasteiger partial charge in [0.25, 0.3) is 5.56 Å². The first-order valence-electron chi connectivity index (χ1n) is 14.9. The fraction of sp³-hybridized carbons (Fsp3) is 0.286. The summed E-state index contributed by atoms with van der Waals surface area (Å²) in [7, 11) is 1.31. The molecule has 0 bridgehead atoms. The molecule has 0 amide bonds. The van der Waals surface area contributed by atoms with Crippen molar-refractivity contribution in [1.29, 1.82) is 0 Å². The topological polar surface area (TPSA) is 97.6 Å². The van der Waals surface area contributed by atoms with Gasteiger partial charge >= 0.3 is 5.97 Å². The Bertz CT molecular complexity index is 1950. The quantitative estimate of drug-likeness (QED) is 0.135. The Labute approximate surface area is 284 Å². The molecule has 1 atom stereocenters. The molecule has 1 aromatic heterocycles. The second-order valence-corrected chi connectivity index (χ2v) is 12.5. The highest BCUT2D eigenvalue weighted by molar-refractivity contribution is 14.1. The largest absolute Gasteiger partial charge is 0.490 e. The Morgan fingerprint density at radius 3 is 2.33 bits per heavy atom. The lowest BCUT2D eigenvalue weighted by atomic mass is 9.97. The summed E-state index contributed by atoms with van der Waals surface area (Å²) in [6.07, 6.45) is 3.28. The summed E-state index contributed by atoms with van der Waals surface area (Å²) in [6.45, 7) is 9.47. The minimum absolute atomic E-state index is 0.233. The molecule has 0 saturated heterocycles. The van der Waals surface area contributed by atoms with Crippen LogP contribution in [-0.4, -0.2) is 37.5 Å². The second kappa shape index (κ2) is 15.0. The Hall–Kier alpha value is -4.10. The number of thiazole rings is 1. The maximum Gasteiger partial charge on any atom is 0.337 e. The van der Waals surface area contributed by atoms with Crippen LogP contribution in [0.3, 0.4) is 0 Å².